The molecule has 92 valence electrons. The molecule has 0 saturated carbocycles. The summed E-state index contributed by atoms with van der Waals surface area (Å²) in [5.74, 6) is 0. The molecule has 2 unspecified atom stereocenters. The molecule has 0 aromatic heterocycles. The van der Waals surface area contributed by atoms with Gasteiger partial charge >= 0.3 is 0 Å². The van der Waals surface area contributed by atoms with Gasteiger partial charge in [-0.05, 0) is 33.7 Å². The van der Waals surface area contributed by atoms with Gasteiger partial charge in [0.1, 0.15) is 0 Å². The van der Waals surface area contributed by atoms with Crippen molar-refractivity contribution in [1.29, 1.82) is 0 Å². The van der Waals surface area contributed by atoms with Crippen LogP contribution >= 0.6 is 0 Å². The summed E-state index contributed by atoms with van der Waals surface area (Å²) >= 11 is 0. The van der Waals surface area contributed by atoms with Gasteiger partial charge in [0, 0.05) is 40.9 Å². The summed E-state index contributed by atoms with van der Waals surface area (Å²) < 4.78 is 11.1. The maximum Gasteiger partial charge on any atom is 0.0329 e. The van der Waals surface area contributed by atoms with Crippen molar-refractivity contribution in [2.45, 2.75) is 44.9 Å². The molecule has 4 heteroatoms. The van der Waals surface area contributed by atoms with Crippen molar-refractivity contribution in [2.24, 2.45) is 0 Å². The van der Waals surface area contributed by atoms with Crippen LogP contribution in [0.2, 0.25) is 0 Å². The zero-order chi connectivity index (χ0) is 11.9. The van der Waals surface area contributed by atoms with E-state index in [4.69, 9.17) is 0 Å². The molecule has 0 aliphatic heterocycles. The topological polar surface area (TPSA) is 41.1 Å². The van der Waals surface area contributed by atoms with Gasteiger partial charge in [0.15, 0.2) is 0 Å². The minimum atomic E-state index is -0.687. The largest absolute Gasteiger partial charge is 0.315 e. The van der Waals surface area contributed by atoms with E-state index in [-0.39, 0.29) is 5.54 Å². The molecule has 2 N–H and O–H groups in total. The van der Waals surface area contributed by atoms with Crippen molar-refractivity contribution in [3.05, 3.63) is 0 Å². The molecule has 0 aromatic rings. The van der Waals surface area contributed by atoms with E-state index in [0.717, 1.165) is 26.1 Å². The summed E-state index contributed by atoms with van der Waals surface area (Å²) in [6, 6.07) is 0. The first-order chi connectivity index (χ1) is 6.83. The molecular formula is C11H26N2OS. The van der Waals surface area contributed by atoms with Gasteiger partial charge < -0.3 is 10.6 Å². The summed E-state index contributed by atoms with van der Waals surface area (Å²) in [5, 5.41) is 7.06. The van der Waals surface area contributed by atoms with E-state index in [1.165, 1.54) is 0 Å². The summed E-state index contributed by atoms with van der Waals surface area (Å²) in [6.07, 6.45) is 2.75. The SMILES string of the molecule is CC(CCNCCNC(C)(C)C)S(C)=O. The predicted molar refractivity (Wildman–Crippen MR) is 68.8 cm³/mol. The molecule has 0 aliphatic rings. The molecule has 3 nitrogen and oxygen atoms in total. The van der Waals surface area contributed by atoms with Gasteiger partial charge in [0.25, 0.3) is 0 Å². The fraction of sp³-hybridized carbons (Fsp3) is 1.00. The lowest BCUT2D eigenvalue weighted by Crippen LogP contribution is -2.40. The minimum Gasteiger partial charge on any atom is -0.315 e. The van der Waals surface area contributed by atoms with Crippen LogP contribution in [0.4, 0.5) is 0 Å². The van der Waals surface area contributed by atoms with Crippen molar-refractivity contribution in [3.8, 4) is 0 Å². The second kappa shape index (κ2) is 7.36. The monoisotopic (exact) mass is 234 g/mol. The fourth-order valence-corrected chi connectivity index (χ4v) is 1.57. The van der Waals surface area contributed by atoms with Crippen LogP contribution in [0.5, 0.6) is 0 Å². The van der Waals surface area contributed by atoms with Crippen LogP contribution in [-0.4, -0.2) is 40.9 Å². The smallest absolute Gasteiger partial charge is 0.0329 e. The number of hydrogen-bond acceptors (Lipinski definition) is 3. The molecule has 2 atom stereocenters. The molecule has 0 radical (unpaired) electrons. The van der Waals surface area contributed by atoms with Crippen LogP contribution in [0.3, 0.4) is 0 Å². The highest BCUT2D eigenvalue weighted by atomic mass is 32.2. The van der Waals surface area contributed by atoms with Crippen LogP contribution in [0.1, 0.15) is 34.1 Å². The highest BCUT2D eigenvalue weighted by Gasteiger charge is 2.07. The Morgan fingerprint density at radius 2 is 1.80 bits per heavy atom. The van der Waals surface area contributed by atoms with Gasteiger partial charge in [0.05, 0.1) is 0 Å². The molecule has 0 saturated heterocycles. The minimum absolute atomic E-state index is 0.194. The summed E-state index contributed by atoms with van der Waals surface area (Å²) in [5.41, 5.74) is 0.194. The zero-order valence-corrected chi connectivity index (χ0v) is 11.5. The van der Waals surface area contributed by atoms with E-state index in [1.54, 1.807) is 6.26 Å². The van der Waals surface area contributed by atoms with E-state index in [9.17, 15) is 4.21 Å². The standard InChI is InChI=1S/C11H26N2OS/c1-10(15(5)14)6-7-12-8-9-13-11(2,3)4/h10,12-13H,6-9H2,1-5H3. The van der Waals surface area contributed by atoms with Crippen LogP contribution < -0.4 is 10.6 Å². The molecule has 0 fully saturated rings. The van der Waals surface area contributed by atoms with Crippen LogP contribution in [0, 0.1) is 0 Å². The quantitative estimate of drug-likeness (QED) is 0.649. The van der Waals surface area contributed by atoms with E-state index in [1.807, 2.05) is 6.92 Å². The first-order valence-corrected chi connectivity index (χ1v) is 7.23. The molecule has 0 aromatic carbocycles. The van der Waals surface area contributed by atoms with Gasteiger partial charge in [0.2, 0.25) is 0 Å². The van der Waals surface area contributed by atoms with E-state index in [2.05, 4.69) is 31.4 Å². The second-order valence-electron chi connectivity index (χ2n) is 5.02. The Morgan fingerprint density at radius 1 is 1.20 bits per heavy atom. The predicted octanol–water partition coefficient (Wildman–Crippen LogP) is 1.12. The third-order valence-electron chi connectivity index (χ3n) is 2.25. The molecular weight excluding hydrogens is 208 g/mol. The first kappa shape index (κ1) is 15.1. The summed E-state index contributed by atoms with van der Waals surface area (Å²) in [6.45, 7) is 11.4. The Kier molecular flexibility index (Phi) is 7.40. The van der Waals surface area contributed by atoms with Gasteiger partial charge in [-0.15, -0.1) is 0 Å². The second-order valence-corrected chi connectivity index (χ2v) is 6.83. The fourth-order valence-electron chi connectivity index (χ4n) is 1.12. The van der Waals surface area contributed by atoms with Crippen LogP contribution in [-0.2, 0) is 10.8 Å². The van der Waals surface area contributed by atoms with E-state index in [0.29, 0.717) is 5.25 Å². The Hall–Kier alpha value is 0.0700. The summed E-state index contributed by atoms with van der Waals surface area (Å²) in [7, 11) is -0.687. The average Bonchev–Trinajstić information content (AvgIpc) is 2.08. The lowest BCUT2D eigenvalue weighted by atomic mass is 10.1. The molecule has 0 rings (SSSR count). The van der Waals surface area contributed by atoms with Crippen molar-refractivity contribution < 1.29 is 4.21 Å². The van der Waals surface area contributed by atoms with Crippen LogP contribution in [0.15, 0.2) is 0 Å². The van der Waals surface area contributed by atoms with Gasteiger partial charge in [-0.2, -0.15) is 0 Å². The Balaban J connectivity index is 3.29. The molecule has 0 bridgehead atoms. The average molecular weight is 234 g/mol. The van der Waals surface area contributed by atoms with Crippen molar-refractivity contribution in [2.75, 3.05) is 25.9 Å². The number of nitrogens with one attached hydrogen (secondary N) is 2. The highest BCUT2D eigenvalue weighted by Crippen LogP contribution is 1.97. The Morgan fingerprint density at radius 3 is 2.27 bits per heavy atom. The highest BCUT2D eigenvalue weighted by molar-refractivity contribution is 7.84. The van der Waals surface area contributed by atoms with Crippen LogP contribution in [0.25, 0.3) is 0 Å². The first-order valence-electron chi connectivity index (χ1n) is 5.61. The maximum atomic E-state index is 11.1. The lowest BCUT2D eigenvalue weighted by molar-refractivity contribution is 0.421. The van der Waals surface area contributed by atoms with E-state index < -0.39 is 10.8 Å². The lowest BCUT2D eigenvalue weighted by Gasteiger charge is -2.20. The third kappa shape index (κ3) is 10.4. The van der Waals surface area contributed by atoms with Crippen molar-refractivity contribution in [3.63, 3.8) is 0 Å². The zero-order valence-electron chi connectivity index (χ0n) is 10.7. The van der Waals surface area contributed by atoms with Gasteiger partial charge in [-0.25, -0.2) is 0 Å². The molecule has 0 amide bonds. The third-order valence-corrected chi connectivity index (χ3v) is 3.62. The number of hydrogen-bond donors (Lipinski definition) is 2. The van der Waals surface area contributed by atoms with Gasteiger partial charge in [-0.1, -0.05) is 6.92 Å². The molecule has 0 heterocycles. The summed E-state index contributed by atoms with van der Waals surface area (Å²) in [4.78, 5) is 0. The maximum absolute atomic E-state index is 11.1. The van der Waals surface area contributed by atoms with Crippen molar-refractivity contribution >= 4 is 10.8 Å². The Bertz CT molecular complexity index is 190. The van der Waals surface area contributed by atoms with E-state index >= 15 is 0 Å². The Labute approximate surface area is 96.9 Å². The normalized spacial score (nSPS) is 16.3. The molecule has 0 spiro atoms. The van der Waals surface area contributed by atoms with Gasteiger partial charge in [-0.3, -0.25) is 4.21 Å². The molecule has 15 heavy (non-hydrogen) atoms. The van der Waals surface area contributed by atoms with Crippen molar-refractivity contribution in [1.82, 2.24) is 10.6 Å². The number of rotatable bonds is 7. The molecule has 0 aliphatic carbocycles.